The van der Waals surface area contributed by atoms with Crippen LogP contribution in [0, 0.1) is 0 Å². The molecular weight excluding hydrogens is 304 g/mol. The smallest absolute Gasteiger partial charge is 0.246 e. The van der Waals surface area contributed by atoms with Crippen molar-refractivity contribution in [3.05, 3.63) is 45.6 Å². The summed E-state index contributed by atoms with van der Waals surface area (Å²) in [6.07, 6.45) is 1.08. The van der Waals surface area contributed by atoms with Crippen LogP contribution in [0.15, 0.2) is 29.1 Å². The molecule has 1 aromatic carbocycles. The summed E-state index contributed by atoms with van der Waals surface area (Å²) in [5, 5.41) is 6.63. The highest BCUT2D eigenvalue weighted by molar-refractivity contribution is 7.88. The summed E-state index contributed by atoms with van der Waals surface area (Å²) in [5.74, 6) is 0.283. The van der Waals surface area contributed by atoms with Crippen LogP contribution in [-0.2, 0) is 16.6 Å². The van der Waals surface area contributed by atoms with E-state index in [9.17, 15) is 13.2 Å². The summed E-state index contributed by atoms with van der Waals surface area (Å²) >= 11 is 5.89. The van der Waals surface area contributed by atoms with Crippen molar-refractivity contribution in [2.45, 2.75) is 6.54 Å². The Balaban J connectivity index is 2.46. The van der Waals surface area contributed by atoms with Crippen molar-refractivity contribution < 1.29 is 8.42 Å². The Hall–Kier alpha value is -1.64. The summed E-state index contributed by atoms with van der Waals surface area (Å²) in [6.45, 7) is -0.0237. The molecule has 0 spiro atoms. The van der Waals surface area contributed by atoms with Crippen molar-refractivity contribution in [3.8, 4) is 5.69 Å². The van der Waals surface area contributed by atoms with Gasteiger partial charge in [0.2, 0.25) is 10.0 Å². The second-order valence-corrected chi connectivity index (χ2v) is 6.81. The van der Waals surface area contributed by atoms with E-state index in [0.717, 1.165) is 10.6 Å². The quantitative estimate of drug-likeness (QED) is 0.895. The van der Waals surface area contributed by atoms with Gasteiger partial charge in [-0.3, -0.25) is 0 Å². The van der Waals surface area contributed by atoms with Gasteiger partial charge in [-0.25, -0.2) is 22.9 Å². The van der Waals surface area contributed by atoms with Gasteiger partial charge >= 0.3 is 5.69 Å². The lowest BCUT2D eigenvalue weighted by molar-refractivity contribution is 0.458. The van der Waals surface area contributed by atoms with Gasteiger partial charge in [0.25, 0.3) is 0 Å². The van der Waals surface area contributed by atoms with Crippen LogP contribution in [0.2, 0.25) is 5.02 Å². The number of aromatic nitrogens is 3. The molecule has 0 bridgehead atoms. The minimum absolute atomic E-state index is 0.0237. The predicted octanol–water partition coefficient (Wildman–Crippen LogP) is 0.605. The van der Waals surface area contributed by atoms with E-state index in [1.165, 1.54) is 11.6 Å². The van der Waals surface area contributed by atoms with E-state index >= 15 is 0 Å². The predicted molar refractivity (Wildman–Crippen MR) is 75.5 cm³/mol. The summed E-state index contributed by atoms with van der Waals surface area (Å²) in [5.41, 5.74) is 0.0670. The van der Waals surface area contributed by atoms with Crippen LogP contribution in [0.25, 0.3) is 5.69 Å². The van der Waals surface area contributed by atoms with Crippen molar-refractivity contribution in [3.63, 3.8) is 0 Å². The highest BCUT2D eigenvalue weighted by Gasteiger charge is 2.17. The third-order valence-electron chi connectivity index (χ3n) is 2.74. The molecule has 2 aromatic rings. The molecule has 0 saturated heterocycles. The van der Waals surface area contributed by atoms with E-state index < -0.39 is 15.7 Å². The standard InChI is InChI=1S/C11H13ClN4O3S/c1-15(20(2,18)19)7-10-13-14-11(17)16(10)9-5-3-4-8(12)6-9/h3-6H,7H2,1-2H3,(H,14,17). The van der Waals surface area contributed by atoms with E-state index in [0.29, 0.717) is 10.7 Å². The Morgan fingerprint density at radius 3 is 2.75 bits per heavy atom. The Kier molecular flexibility index (Phi) is 3.98. The zero-order chi connectivity index (χ0) is 14.9. The number of halogens is 1. The van der Waals surface area contributed by atoms with Crippen molar-refractivity contribution in [2.75, 3.05) is 13.3 Å². The molecule has 108 valence electrons. The van der Waals surface area contributed by atoms with Crippen LogP contribution >= 0.6 is 11.6 Å². The number of hydrogen-bond donors (Lipinski definition) is 1. The number of hydrogen-bond acceptors (Lipinski definition) is 4. The highest BCUT2D eigenvalue weighted by Crippen LogP contribution is 2.15. The Morgan fingerprint density at radius 1 is 1.45 bits per heavy atom. The Morgan fingerprint density at radius 2 is 2.15 bits per heavy atom. The molecule has 0 aliphatic rings. The lowest BCUT2D eigenvalue weighted by Crippen LogP contribution is -2.27. The second-order valence-electron chi connectivity index (χ2n) is 4.28. The van der Waals surface area contributed by atoms with Crippen molar-refractivity contribution >= 4 is 21.6 Å². The first-order chi connectivity index (χ1) is 9.29. The van der Waals surface area contributed by atoms with Gasteiger partial charge in [0.1, 0.15) is 0 Å². The van der Waals surface area contributed by atoms with E-state index in [1.807, 2.05) is 0 Å². The van der Waals surface area contributed by atoms with Crippen LogP contribution in [0.5, 0.6) is 0 Å². The van der Waals surface area contributed by atoms with Gasteiger partial charge in [0.05, 0.1) is 18.5 Å². The zero-order valence-electron chi connectivity index (χ0n) is 10.9. The number of rotatable bonds is 4. The topological polar surface area (TPSA) is 88.1 Å². The van der Waals surface area contributed by atoms with Gasteiger partial charge in [-0.15, -0.1) is 0 Å². The van der Waals surface area contributed by atoms with Crippen LogP contribution in [0.1, 0.15) is 5.82 Å². The maximum atomic E-state index is 11.8. The fraction of sp³-hybridized carbons (Fsp3) is 0.273. The largest absolute Gasteiger partial charge is 0.347 e. The lowest BCUT2D eigenvalue weighted by atomic mass is 10.3. The van der Waals surface area contributed by atoms with Gasteiger partial charge < -0.3 is 0 Å². The molecule has 9 heteroatoms. The Bertz CT molecular complexity index is 781. The van der Waals surface area contributed by atoms with E-state index in [-0.39, 0.29) is 12.4 Å². The zero-order valence-corrected chi connectivity index (χ0v) is 12.4. The molecule has 0 radical (unpaired) electrons. The van der Waals surface area contributed by atoms with Gasteiger partial charge in [0.15, 0.2) is 5.82 Å². The van der Waals surface area contributed by atoms with E-state index in [1.54, 1.807) is 24.3 Å². The molecule has 1 heterocycles. The third kappa shape index (κ3) is 3.09. The molecule has 7 nitrogen and oxygen atoms in total. The SMILES string of the molecule is CN(Cc1n[nH]c(=O)n1-c1cccc(Cl)c1)S(C)(=O)=O. The molecule has 20 heavy (non-hydrogen) atoms. The number of nitrogens with one attached hydrogen (secondary N) is 1. The molecule has 1 aromatic heterocycles. The van der Waals surface area contributed by atoms with Gasteiger partial charge in [-0.2, -0.15) is 9.40 Å². The molecular formula is C11H13ClN4O3S. The molecule has 0 atom stereocenters. The second kappa shape index (κ2) is 5.39. The first-order valence-electron chi connectivity index (χ1n) is 5.62. The fourth-order valence-corrected chi connectivity index (χ4v) is 2.17. The minimum atomic E-state index is -3.36. The van der Waals surface area contributed by atoms with Crippen LogP contribution in [0.3, 0.4) is 0 Å². The number of benzene rings is 1. The first-order valence-corrected chi connectivity index (χ1v) is 7.85. The number of H-pyrrole nitrogens is 1. The summed E-state index contributed by atoms with van der Waals surface area (Å²) in [7, 11) is -1.95. The van der Waals surface area contributed by atoms with Gasteiger partial charge in [-0.05, 0) is 18.2 Å². The van der Waals surface area contributed by atoms with Gasteiger partial charge in [0, 0.05) is 12.1 Å². The lowest BCUT2D eigenvalue weighted by Gasteiger charge is -2.14. The summed E-state index contributed by atoms with van der Waals surface area (Å²) in [4.78, 5) is 11.8. The molecule has 0 amide bonds. The first kappa shape index (κ1) is 14.8. The Labute approximate surface area is 120 Å². The number of aromatic amines is 1. The van der Waals surface area contributed by atoms with Crippen LogP contribution < -0.4 is 5.69 Å². The third-order valence-corrected chi connectivity index (χ3v) is 4.23. The number of sulfonamides is 1. The highest BCUT2D eigenvalue weighted by atomic mass is 35.5. The van der Waals surface area contributed by atoms with E-state index in [4.69, 9.17) is 11.6 Å². The molecule has 0 fully saturated rings. The van der Waals surface area contributed by atoms with Crippen LogP contribution in [0.4, 0.5) is 0 Å². The normalized spacial score (nSPS) is 12.0. The minimum Gasteiger partial charge on any atom is -0.246 e. The van der Waals surface area contributed by atoms with Crippen molar-refractivity contribution in [1.29, 1.82) is 0 Å². The maximum absolute atomic E-state index is 11.8. The van der Waals surface area contributed by atoms with Crippen molar-refractivity contribution in [2.24, 2.45) is 0 Å². The maximum Gasteiger partial charge on any atom is 0.347 e. The molecule has 0 aliphatic carbocycles. The molecule has 0 unspecified atom stereocenters. The molecule has 1 N–H and O–H groups in total. The van der Waals surface area contributed by atoms with E-state index in [2.05, 4.69) is 10.2 Å². The molecule has 0 saturated carbocycles. The summed E-state index contributed by atoms with van der Waals surface area (Å²) < 4.78 is 25.2. The average molecular weight is 317 g/mol. The molecule has 0 aliphatic heterocycles. The molecule has 2 rings (SSSR count). The monoisotopic (exact) mass is 316 g/mol. The van der Waals surface area contributed by atoms with Crippen LogP contribution in [-0.4, -0.2) is 40.8 Å². The number of nitrogens with zero attached hydrogens (tertiary/aromatic N) is 3. The fourth-order valence-electron chi connectivity index (χ4n) is 1.63. The van der Waals surface area contributed by atoms with Crippen molar-refractivity contribution in [1.82, 2.24) is 19.1 Å². The summed E-state index contributed by atoms with van der Waals surface area (Å²) in [6, 6.07) is 6.66. The van der Waals surface area contributed by atoms with Gasteiger partial charge in [-0.1, -0.05) is 17.7 Å². The average Bonchev–Trinajstić information content (AvgIpc) is 2.69.